The lowest BCUT2D eigenvalue weighted by molar-refractivity contribution is -0.0345. The van der Waals surface area contributed by atoms with Gasteiger partial charge in [-0.1, -0.05) is 60.7 Å². The molecule has 0 saturated heterocycles. The second-order valence-electron chi connectivity index (χ2n) is 6.56. The van der Waals surface area contributed by atoms with Crippen LogP contribution in [0.4, 0.5) is 0 Å². The maximum atomic E-state index is 11.6. The van der Waals surface area contributed by atoms with Crippen molar-refractivity contribution in [3.8, 4) is 0 Å². The molecular formula is C20H24O4S. The molecule has 3 rings (SSSR count). The molecule has 1 N–H and O–H groups in total. The van der Waals surface area contributed by atoms with Gasteiger partial charge in [0, 0.05) is 0 Å². The quantitative estimate of drug-likeness (QED) is 0.652. The Kier molecular flexibility index (Phi) is 6.37. The molecule has 1 saturated carbocycles. The van der Waals surface area contributed by atoms with Crippen LogP contribution in [-0.2, 0) is 33.8 Å². The molecule has 2 aromatic rings. The van der Waals surface area contributed by atoms with Crippen LogP contribution in [0.2, 0.25) is 0 Å². The van der Waals surface area contributed by atoms with E-state index < -0.39 is 15.8 Å². The summed E-state index contributed by atoms with van der Waals surface area (Å²) in [6.45, 7) is 1.41. The van der Waals surface area contributed by atoms with Gasteiger partial charge in [0.25, 0.3) is 0 Å². The molecule has 0 spiro atoms. The number of ether oxygens (including phenoxy) is 2. The molecule has 1 fully saturated rings. The number of benzene rings is 2. The number of hydrogen-bond acceptors (Lipinski definition) is 3. The third-order valence-electron chi connectivity index (χ3n) is 4.52. The Bertz CT molecular complexity index is 671. The van der Waals surface area contributed by atoms with E-state index in [1.165, 1.54) is 0 Å². The Balaban J connectivity index is 1.55. The van der Waals surface area contributed by atoms with Crippen LogP contribution in [0, 0.1) is 0 Å². The second kappa shape index (κ2) is 8.72. The van der Waals surface area contributed by atoms with Crippen molar-refractivity contribution in [1.82, 2.24) is 0 Å². The summed E-state index contributed by atoms with van der Waals surface area (Å²) in [4.78, 5) is 0. The molecular weight excluding hydrogens is 336 g/mol. The molecule has 0 radical (unpaired) electrons. The van der Waals surface area contributed by atoms with Crippen LogP contribution in [0.1, 0.15) is 30.4 Å². The molecule has 2 aromatic carbocycles. The van der Waals surface area contributed by atoms with Crippen molar-refractivity contribution in [1.29, 1.82) is 0 Å². The average molecular weight is 360 g/mol. The highest BCUT2D eigenvalue weighted by atomic mass is 32.2. The van der Waals surface area contributed by atoms with Crippen molar-refractivity contribution < 1.29 is 18.2 Å². The van der Waals surface area contributed by atoms with Crippen LogP contribution >= 0.6 is 0 Å². The lowest BCUT2D eigenvalue weighted by Gasteiger charge is -2.22. The monoisotopic (exact) mass is 360 g/mol. The van der Waals surface area contributed by atoms with Crippen LogP contribution in [0.3, 0.4) is 0 Å². The molecule has 5 heteroatoms. The molecule has 0 bridgehead atoms. The third kappa shape index (κ3) is 5.47. The Labute approximate surface area is 151 Å². The molecule has 0 aliphatic heterocycles. The molecule has 2 atom stereocenters. The van der Waals surface area contributed by atoms with E-state index in [1.807, 2.05) is 60.7 Å². The number of rotatable bonds is 10. The highest BCUT2D eigenvalue weighted by molar-refractivity contribution is 7.81. The third-order valence-corrected chi connectivity index (χ3v) is 5.84. The fraction of sp³-hybridized carbons (Fsp3) is 0.400. The predicted molar refractivity (Wildman–Crippen MR) is 98.5 cm³/mol. The molecule has 4 nitrogen and oxygen atoms in total. The van der Waals surface area contributed by atoms with Gasteiger partial charge >= 0.3 is 0 Å². The first-order chi connectivity index (χ1) is 12.2. The minimum absolute atomic E-state index is 0.192. The molecule has 0 amide bonds. The van der Waals surface area contributed by atoms with Gasteiger partial charge in [-0.3, -0.25) is 0 Å². The van der Waals surface area contributed by atoms with Crippen LogP contribution in [0.5, 0.6) is 0 Å². The predicted octanol–water partition coefficient (Wildman–Crippen LogP) is 3.93. The Morgan fingerprint density at radius 3 is 2.04 bits per heavy atom. The van der Waals surface area contributed by atoms with Crippen molar-refractivity contribution in [3.63, 3.8) is 0 Å². The molecule has 2 unspecified atom stereocenters. The topological polar surface area (TPSA) is 55.8 Å². The van der Waals surface area contributed by atoms with Crippen molar-refractivity contribution in [2.75, 3.05) is 6.61 Å². The molecule has 1 aliphatic carbocycles. The van der Waals surface area contributed by atoms with Crippen LogP contribution in [0.15, 0.2) is 60.7 Å². The van der Waals surface area contributed by atoms with Crippen molar-refractivity contribution in [2.45, 2.75) is 43.3 Å². The SMILES string of the molecule is O=S(O)C1(CC(COCc2ccccc2)OCc2ccccc2)CC1. The molecule has 0 aromatic heterocycles. The van der Waals surface area contributed by atoms with Gasteiger partial charge in [0.05, 0.1) is 30.7 Å². The Morgan fingerprint density at radius 1 is 0.960 bits per heavy atom. The maximum Gasteiger partial charge on any atom is 0.159 e. The van der Waals surface area contributed by atoms with E-state index in [0.717, 1.165) is 24.0 Å². The van der Waals surface area contributed by atoms with Crippen LogP contribution in [0.25, 0.3) is 0 Å². The standard InChI is InChI=1S/C20H24O4S/c21-25(22)20(11-12-20)13-19(24-15-18-9-5-2-6-10-18)16-23-14-17-7-3-1-4-8-17/h1-10,19H,11-16H2,(H,21,22). The van der Waals surface area contributed by atoms with Crippen molar-refractivity contribution in [3.05, 3.63) is 71.8 Å². The summed E-state index contributed by atoms with van der Waals surface area (Å²) in [6, 6.07) is 19.9. The first-order valence-electron chi connectivity index (χ1n) is 8.56. The Morgan fingerprint density at radius 2 is 1.52 bits per heavy atom. The van der Waals surface area contributed by atoms with Crippen molar-refractivity contribution in [2.24, 2.45) is 0 Å². The fourth-order valence-corrected chi connectivity index (χ4v) is 3.62. The zero-order valence-corrected chi connectivity index (χ0v) is 15.0. The minimum atomic E-state index is -1.81. The zero-order valence-electron chi connectivity index (χ0n) is 14.2. The summed E-state index contributed by atoms with van der Waals surface area (Å²) in [5.74, 6) is 0. The molecule has 1 aliphatic rings. The smallest absolute Gasteiger partial charge is 0.159 e. The van der Waals surface area contributed by atoms with Crippen LogP contribution in [-0.4, -0.2) is 26.2 Å². The van der Waals surface area contributed by atoms with Crippen LogP contribution < -0.4 is 0 Å². The lowest BCUT2D eigenvalue weighted by atomic mass is 10.1. The van der Waals surface area contributed by atoms with Gasteiger partial charge in [0.2, 0.25) is 0 Å². The van der Waals surface area contributed by atoms with Gasteiger partial charge in [0.15, 0.2) is 11.1 Å². The van der Waals surface area contributed by atoms with Crippen molar-refractivity contribution >= 4 is 11.1 Å². The largest absolute Gasteiger partial charge is 0.374 e. The average Bonchev–Trinajstić information content (AvgIpc) is 3.42. The van der Waals surface area contributed by atoms with Gasteiger partial charge in [-0.25, -0.2) is 4.21 Å². The first-order valence-corrected chi connectivity index (χ1v) is 9.67. The van der Waals surface area contributed by atoms with E-state index in [0.29, 0.717) is 26.2 Å². The summed E-state index contributed by atoms with van der Waals surface area (Å²) in [7, 11) is 0. The van der Waals surface area contributed by atoms with Gasteiger partial charge in [-0.15, -0.1) is 0 Å². The Hall–Kier alpha value is -1.53. The van der Waals surface area contributed by atoms with Gasteiger partial charge in [-0.05, 0) is 30.4 Å². The zero-order chi connectivity index (χ0) is 17.5. The van der Waals surface area contributed by atoms with E-state index in [9.17, 15) is 8.76 Å². The highest BCUT2D eigenvalue weighted by Crippen LogP contribution is 2.45. The summed E-state index contributed by atoms with van der Waals surface area (Å²) < 4.78 is 32.5. The molecule has 0 heterocycles. The van der Waals surface area contributed by atoms with E-state index in [4.69, 9.17) is 9.47 Å². The highest BCUT2D eigenvalue weighted by Gasteiger charge is 2.50. The minimum Gasteiger partial charge on any atom is -0.374 e. The fourth-order valence-electron chi connectivity index (χ4n) is 2.84. The summed E-state index contributed by atoms with van der Waals surface area (Å²) >= 11 is -1.81. The van der Waals surface area contributed by atoms with E-state index in [-0.39, 0.29) is 6.10 Å². The lowest BCUT2D eigenvalue weighted by Crippen LogP contribution is -2.29. The van der Waals surface area contributed by atoms with Gasteiger partial charge in [-0.2, -0.15) is 0 Å². The van der Waals surface area contributed by atoms with Gasteiger partial charge in [0.1, 0.15) is 0 Å². The molecule has 25 heavy (non-hydrogen) atoms. The van der Waals surface area contributed by atoms with E-state index in [2.05, 4.69) is 0 Å². The molecule has 134 valence electrons. The van der Waals surface area contributed by atoms with E-state index in [1.54, 1.807) is 0 Å². The maximum absolute atomic E-state index is 11.6. The summed E-state index contributed by atoms with van der Waals surface area (Å²) in [5.41, 5.74) is 2.20. The number of hydrogen-bond donors (Lipinski definition) is 1. The first kappa shape index (κ1) is 18.3. The summed E-state index contributed by atoms with van der Waals surface area (Å²) in [6.07, 6.45) is 1.92. The normalized spacial score (nSPS) is 17.8. The van der Waals surface area contributed by atoms with E-state index >= 15 is 0 Å². The van der Waals surface area contributed by atoms with Gasteiger partial charge < -0.3 is 14.0 Å². The second-order valence-corrected chi connectivity index (χ2v) is 7.92. The summed E-state index contributed by atoms with van der Waals surface area (Å²) in [5, 5.41) is 0.